The van der Waals surface area contributed by atoms with E-state index in [1.807, 2.05) is 30.3 Å². The molecule has 0 bridgehead atoms. The van der Waals surface area contributed by atoms with Crippen molar-refractivity contribution in [1.29, 1.82) is 0 Å². The first kappa shape index (κ1) is 23.4. The van der Waals surface area contributed by atoms with E-state index in [2.05, 4.69) is 30.8 Å². The van der Waals surface area contributed by atoms with E-state index in [0.717, 1.165) is 22.3 Å². The largest absolute Gasteiger partial charge is 0.491 e. The van der Waals surface area contributed by atoms with Crippen LogP contribution in [0.2, 0.25) is 0 Å². The minimum atomic E-state index is -1.07. The van der Waals surface area contributed by atoms with Crippen molar-refractivity contribution in [3.63, 3.8) is 0 Å². The highest BCUT2D eigenvalue weighted by atomic mass is 19.2. The summed E-state index contributed by atoms with van der Waals surface area (Å²) in [7, 11) is 0. The molecule has 0 amide bonds. The number of benzene rings is 4. The second kappa shape index (κ2) is 10.4. The van der Waals surface area contributed by atoms with E-state index >= 15 is 0 Å². The summed E-state index contributed by atoms with van der Waals surface area (Å²) in [6, 6.07) is 23.6. The lowest BCUT2D eigenvalue weighted by Crippen LogP contribution is -1.99. The van der Waals surface area contributed by atoms with E-state index in [9.17, 15) is 13.2 Å². The third-order valence-corrected chi connectivity index (χ3v) is 5.83. The van der Waals surface area contributed by atoms with Crippen molar-refractivity contribution in [2.45, 2.75) is 19.8 Å². The van der Waals surface area contributed by atoms with Crippen LogP contribution >= 0.6 is 0 Å². The summed E-state index contributed by atoms with van der Waals surface area (Å²) in [5.41, 5.74) is 5.21. The van der Waals surface area contributed by atoms with Crippen LogP contribution in [-0.2, 0) is 12.8 Å². The molecule has 0 unspecified atom stereocenters. The minimum Gasteiger partial charge on any atom is -0.491 e. The van der Waals surface area contributed by atoms with Crippen LogP contribution in [0.4, 0.5) is 13.2 Å². The molecule has 0 aliphatic heterocycles. The van der Waals surface area contributed by atoms with Crippen LogP contribution < -0.4 is 4.74 Å². The summed E-state index contributed by atoms with van der Waals surface area (Å²) in [6.45, 7) is 5.69. The lowest BCUT2D eigenvalue weighted by Gasteiger charge is -2.11. The molecule has 0 fully saturated rings. The van der Waals surface area contributed by atoms with E-state index < -0.39 is 17.5 Å². The van der Waals surface area contributed by atoms with Gasteiger partial charge in [-0.05, 0) is 71.3 Å². The van der Waals surface area contributed by atoms with Crippen molar-refractivity contribution in [1.82, 2.24) is 0 Å². The number of ether oxygens (including phenoxy) is 1. The van der Waals surface area contributed by atoms with Gasteiger partial charge in [0.15, 0.2) is 11.6 Å². The Morgan fingerprint density at radius 3 is 2.00 bits per heavy atom. The Labute approximate surface area is 198 Å². The van der Waals surface area contributed by atoms with Crippen LogP contribution in [0.3, 0.4) is 0 Å². The molecule has 0 spiro atoms. The minimum absolute atomic E-state index is 0.00288. The summed E-state index contributed by atoms with van der Waals surface area (Å²) < 4.78 is 48.5. The first-order chi connectivity index (χ1) is 16.5. The zero-order valence-corrected chi connectivity index (χ0v) is 19.0. The van der Waals surface area contributed by atoms with Gasteiger partial charge >= 0.3 is 0 Å². The average Bonchev–Trinajstić information content (AvgIpc) is 2.87. The van der Waals surface area contributed by atoms with Crippen molar-refractivity contribution in [3.8, 4) is 28.0 Å². The Hall–Kier alpha value is -3.79. The van der Waals surface area contributed by atoms with Gasteiger partial charge in [0.25, 0.3) is 0 Å². The molecule has 0 aliphatic rings. The summed E-state index contributed by atoms with van der Waals surface area (Å²) in [4.78, 5) is 0. The van der Waals surface area contributed by atoms with Gasteiger partial charge in [-0.3, -0.25) is 0 Å². The van der Waals surface area contributed by atoms with E-state index in [-0.39, 0.29) is 23.5 Å². The summed E-state index contributed by atoms with van der Waals surface area (Å²) in [5.74, 6) is -2.70. The van der Waals surface area contributed by atoms with Crippen LogP contribution in [0.15, 0.2) is 85.4 Å². The Kier molecular flexibility index (Phi) is 7.17. The van der Waals surface area contributed by atoms with Gasteiger partial charge in [-0.1, -0.05) is 73.3 Å². The van der Waals surface area contributed by atoms with Gasteiger partial charge in [-0.15, -0.1) is 0 Å². The SMILES string of the molecule is C=Cc1ccc(-c2ccc(CCc3ccc(-c4ccc(OCC)c(F)c4F)cc3F)cc2)cc1. The van der Waals surface area contributed by atoms with Crippen molar-refractivity contribution < 1.29 is 17.9 Å². The quantitative estimate of drug-likeness (QED) is 0.258. The Bertz CT molecular complexity index is 1290. The topological polar surface area (TPSA) is 9.23 Å². The third-order valence-electron chi connectivity index (χ3n) is 5.83. The second-order valence-electron chi connectivity index (χ2n) is 8.00. The lowest BCUT2D eigenvalue weighted by atomic mass is 9.97. The van der Waals surface area contributed by atoms with Crippen LogP contribution in [-0.4, -0.2) is 6.61 Å². The molecule has 34 heavy (non-hydrogen) atoms. The average molecular weight is 459 g/mol. The maximum atomic E-state index is 14.8. The normalized spacial score (nSPS) is 10.8. The number of halogens is 3. The van der Waals surface area contributed by atoms with E-state index in [1.165, 1.54) is 18.2 Å². The fraction of sp³-hybridized carbons (Fsp3) is 0.133. The van der Waals surface area contributed by atoms with Gasteiger partial charge in [0.05, 0.1) is 6.61 Å². The van der Waals surface area contributed by atoms with Gasteiger partial charge in [-0.25, -0.2) is 8.78 Å². The molecule has 0 saturated carbocycles. The van der Waals surface area contributed by atoms with Gasteiger partial charge in [0.1, 0.15) is 5.82 Å². The van der Waals surface area contributed by atoms with Gasteiger partial charge < -0.3 is 4.74 Å². The maximum Gasteiger partial charge on any atom is 0.201 e. The summed E-state index contributed by atoms with van der Waals surface area (Å²) in [5, 5.41) is 0. The zero-order valence-electron chi connectivity index (χ0n) is 19.0. The van der Waals surface area contributed by atoms with Crippen molar-refractivity contribution in [3.05, 3.63) is 120 Å². The van der Waals surface area contributed by atoms with E-state index in [0.29, 0.717) is 18.4 Å². The predicted octanol–water partition coefficient (Wildman–Crippen LogP) is 8.26. The number of hydrogen-bond acceptors (Lipinski definition) is 1. The fourth-order valence-electron chi connectivity index (χ4n) is 3.89. The van der Waals surface area contributed by atoms with Crippen LogP contribution in [0.25, 0.3) is 28.3 Å². The molecule has 0 N–H and O–H groups in total. The molecule has 1 nitrogen and oxygen atoms in total. The molecule has 0 heterocycles. The van der Waals surface area contributed by atoms with Crippen LogP contribution in [0.1, 0.15) is 23.6 Å². The standard InChI is InChI=1S/C30H25F3O/c1-3-20-5-10-22(11-6-20)23-12-7-21(8-13-23)9-14-24-15-16-25(19-27(24)31)26-17-18-28(34-4-2)30(33)29(26)32/h3,5-8,10-13,15-19H,1,4,9,14H2,2H3. The lowest BCUT2D eigenvalue weighted by molar-refractivity contribution is 0.314. The molecule has 4 rings (SSSR count). The molecule has 4 aromatic rings. The summed E-state index contributed by atoms with van der Waals surface area (Å²) in [6.07, 6.45) is 2.98. The molecular formula is C30H25F3O. The predicted molar refractivity (Wildman–Crippen MR) is 132 cm³/mol. The van der Waals surface area contributed by atoms with Gasteiger partial charge in [0, 0.05) is 5.56 Å². The van der Waals surface area contributed by atoms with Crippen molar-refractivity contribution >= 4 is 6.08 Å². The van der Waals surface area contributed by atoms with Crippen LogP contribution in [0, 0.1) is 17.5 Å². The number of aryl methyl sites for hydroxylation is 2. The van der Waals surface area contributed by atoms with Crippen LogP contribution in [0.5, 0.6) is 5.75 Å². The monoisotopic (exact) mass is 458 g/mol. The Balaban J connectivity index is 1.45. The molecular weight excluding hydrogens is 433 g/mol. The molecule has 0 aromatic heterocycles. The van der Waals surface area contributed by atoms with E-state index in [1.54, 1.807) is 19.1 Å². The Morgan fingerprint density at radius 2 is 1.38 bits per heavy atom. The number of rotatable bonds is 8. The molecule has 4 aromatic carbocycles. The first-order valence-electron chi connectivity index (χ1n) is 11.2. The molecule has 0 atom stereocenters. The highest BCUT2D eigenvalue weighted by Gasteiger charge is 2.16. The number of hydrogen-bond donors (Lipinski definition) is 0. The van der Waals surface area contributed by atoms with Gasteiger partial charge in [-0.2, -0.15) is 4.39 Å². The highest BCUT2D eigenvalue weighted by Crippen LogP contribution is 2.31. The zero-order chi connectivity index (χ0) is 24.1. The maximum absolute atomic E-state index is 14.8. The highest BCUT2D eigenvalue weighted by molar-refractivity contribution is 5.67. The molecule has 0 aliphatic carbocycles. The molecule has 4 heteroatoms. The van der Waals surface area contributed by atoms with E-state index in [4.69, 9.17) is 4.74 Å². The first-order valence-corrected chi connectivity index (χ1v) is 11.2. The summed E-state index contributed by atoms with van der Waals surface area (Å²) >= 11 is 0. The van der Waals surface area contributed by atoms with Crippen molar-refractivity contribution in [2.75, 3.05) is 6.61 Å². The molecule has 0 saturated heterocycles. The van der Waals surface area contributed by atoms with Gasteiger partial charge in [0.2, 0.25) is 5.82 Å². The molecule has 172 valence electrons. The Morgan fingerprint density at radius 1 is 0.735 bits per heavy atom. The third kappa shape index (κ3) is 5.07. The van der Waals surface area contributed by atoms with Crippen molar-refractivity contribution in [2.24, 2.45) is 0 Å². The second-order valence-corrected chi connectivity index (χ2v) is 8.00. The molecule has 0 radical (unpaired) electrons. The fourth-order valence-corrected chi connectivity index (χ4v) is 3.89. The smallest absolute Gasteiger partial charge is 0.201 e.